The summed E-state index contributed by atoms with van der Waals surface area (Å²) in [6.45, 7) is 4.45. The van der Waals surface area contributed by atoms with Gasteiger partial charge in [-0.15, -0.1) is 5.10 Å². The molecule has 0 N–H and O–H groups in total. The first-order valence-electron chi connectivity index (χ1n) is 4.84. The average Bonchev–Trinajstić information content (AvgIpc) is 2.67. The Bertz CT molecular complexity index is 498. The number of aromatic nitrogens is 2. The molecule has 0 aliphatic rings. The second-order valence-electron chi connectivity index (χ2n) is 3.48. The maximum atomic E-state index is 5.89. The van der Waals surface area contributed by atoms with Gasteiger partial charge in [-0.3, -0.25) is 0 Å². The summed E-state index contributed by atoms with van der Waals surface area (Å²) in [7, 11) is 0. The van der Waals surface area contributed by atoms with E-state index < -0.39 is 0 Å². The van der Waals surface area contributed by atoms with Crippen molar-refractivity contribution in [3.05, 3.63) is 39.4 Å². The SMILES string of the molecule is Cc1cccc(OCc2nnsc2Cl)c1C. The molecule has 3 nitrogen and oxygen atoms in total. The highest BCUT2D eigenvalue weighted by Gasteiger charge is 2.07. The van der Waals surface area contributed by atoms with Crippen molar-refractivity contribution >= 4 is 23.1 Å². The Kier molecular flexibility index (Phi) is 3.41. The minimum Gasteiger partial charge on any atom is -0.487 e. The number of rotatable bonds is 3. The Morgan fingerprint density at radius 2 is 2.19 bits per heavy atom. The summed E-state index contributed by atoms with van der Waals surface area (Å²) in [5.74, 6) is 0.865. The zero-order chi connectivity index (χ0) is 11.5. The molecule has 0 saturated heterocycles. The molecular formula is C11H11ClN2OS. The van der Waals surface area contributed by atoms with Gasteiger partial charge in [0, 0.05) is 11.5 Å². The van der Waals surface area contributed by atoms with Crippen LogP contribution in [0.4, 0.5) is 0 Å². The van der Waals surface area contributed by atoms with E-state index in [-0.39, 0.29) is 0 Å². The molecule has 2 aromatic rings. The summed E-state index contributed by atoms with van der Waals surface area (Å²) in [6, 6.07) is 5.97. The number of aryl methyl sites for hydroxylation is 1. The van der Waals surface area contributed by atoms with Gasteiger partial charge in [0.2, 0.25) is 0 Å². The van der Waals surface area contributed by atoms with Gasteiger partial charge in [-0.05, 0) is 31.0 Å². The van der Waals surface area contributed by atoms with Crippen molar-refractivity contribution in [3.8, 4) is 5.75 Å². The third kappa shape index (κ3) is 2.33. The molecule has 0 aliphatic heterocycles. The largest absolute Gasteiger partial charge is 0.487 e. The minimum absolute atomic E-state index is 0.361. The molecule has 0 radical (unpaired) electrons. The van der Waals surface area contributed by atoms with Crippen LogP contribution in [-0.4, -0.2) is 9.59 Å². The maximum Gasteiger partial charge on any atom is 0.141 e. The molecule has 0 bridgehead atoms. The molecule has 1 heterocycles. The summed E-state index contributed by atoms with van der Waals surface area (Å²) in [5.41, 5.74) is 3.04. The number of nitrogens with zero attached hydrogens (tertiary/aromatic N) is 2. The minimum atomic E-state index is 0.361. The number of benzene rings is 1. The lowest BCUT2D eigenvalue weighted by Gasteiger charge is -2.09. The van der Waals surface area contributed by atoms with Crippen LogP contribution in [-0.2, 0) is 6.61 Å². The van der Waals surface area contributed by atoms with E-state index in [1.807, 2.05) is 19.1 Å². The number of halogens is 1. The van der Waals surface area contributed by atoms with Gasteiger partial charge in [-0.25, -0.2) is 0 Å². The van der Waals surface area contributed by atoms with Gasteiger partial charge in [0.05, 0.1) is 0 Å². The van der Waals surface area contributed by atoms with Gasteiger partial charge in [0.15, 0.2) is 0 Å². The first-order valence-corrected chi connectivity index (χ1v) is 5.99. The third-order valence-electron chi connectivity index (χ3n) is 2.43. The second-order valence-corrected chi connectivity index (χ2v) is 4.84. The average molecular weight is 255 g/mol. The van der Waals surface area contributed by atoms with Gasteiger partial charge in [-0.2, -0.15) is 0 Å². The Balaban J connectivity index is 2.11. The van der Waals surface area contributed by atoms with Crippen LogP contribution in [0.15, 0.2) is 18.2 Å². The molecule has 2 rings (SSSR count). The first-order chi connectivity index (χ1) is 7.68. The van der Waals surface area contributed by atoms with Crippen LogP contribution in [0.5, 0.6) is 5.75 Å². The van der Waals surface area contributed by atoms with E-state index >= 15 is 0 Å². The first kappa shape index (κ1) is 11.4. The zero-order valence-electron chi connectivity index (χ0n) is 9.03. The molecule has 0 fully saturated rings. The standard InChI is InChI=1S/C11H11ClN2OS/c1-7-4-3-5-10(8(7)2)15-6-9-11(12)16-14-13-9/h3-5H,6H2,1-2H3. The fraction of sp³-hybridized carbons (Fsp3) is 0.273. The lowest BCUT2D eigenvalue weighted by atomic mass is 10.1. The second kappa shape index (κ2) is 4.80. The van der Waals surface area contributed by atoms with Gasteiger partial charge < -0.3 is 4.74 Å². The van der Waals surface area contributed by atoms with Crippen LogP contribution in [0.25, 0.3) is 0 Å². The van der Waals surface area contributed by atoms with Crippen molar-refractivity contribution in [3.63, 3.8) is 0 Å². The Hall–Kier alpha value is -1.13. The molecule has 0 amide bonds. The molecule has 84 valence electrons. The highest BCUT2D eigenvalue weighted by Crippen LogP contribution is 2.23. The van der Waals surface area contributed by atoms with Crippen molar-refractivity contribution in [2.45, 2.75) is 20.5 Å². The molecule has 1 aromatic carbocycles. The van der Waals surface area contributed by atoms with Crippen LogP contribution in [0, 0.1) is 13.8 Å². The van der Waals surface area contributed by atoms with Crippen LogP contribution in [0.2, 0.25) is 4.34 Å². The van der Waals surface area contributed by atoms with Crippen molar-refractivity contribution in [1.29, 1.82) is 0 Å². The van der Waals surface area contributed by atoms with E-state index in [0.717, 1.165) is 11.3 Å². The lowest BCUT2D eigenvalue weighted by Crippen LogP contribution is -1.98. The number of hydrogen-bond acceptors (Lipinski definition) is 4. The van der Waals surface area contributed by atoms with Crippen molar-refractivity contribution in [1.82, 2.24) is 9.59 Å². The highest BCUT2D eigenvalue weighted by atomic mass is 35.5. The van der Waals surface area contributed by atoms with E-state index in [9.17, 15) is 0 Å². The van der Waals surface area contributed by atoms with Crippen LogP contribution in [0.1, 0.15) is 16.8 Å². The van der Waals surface area contributed by atoms with Gasteiger partial charge in [0.1, 0.15) is 22.4 Å². The molecule has 1 aromatic heterocycles. The monoisotopic (exact) mass is 254 g/mol. The number of hydrogen-bond donors (Lipinski definition) is 0. The summed E-state index contributed by atoms with van der Waals surface area (Å²) in [6.07, 6.45) is 0. The van der Waals surface area contributed by atoms with Gasteiger partial charge >= 0.3 is 0 Å². The molecule has 0 saturated carbocycles. The van der Waals surface area contributed by atoms with Crippen molar-refractivity contribution in [2.24, 2.45) is 0 Å². The third-order valence-corrected chi connectivity index (χ3v) is 3.41. The van der Waals surface area contributed by atoms with Crippen LogP contribution < -0.4 is 4.74 Å². The summed E-state index contributed by atoms with van der Waals surface area (Å²) in [4.78, 5) is 0. The normalized spacial score (nSPS) is 10.4. The number of ether oxygens (including phenoxy) is 1. The predicted molar refractivity (Wildman–Crippen MR) is 65.2 cm³/mol. The van der Waals surface area contributed by atoms with Crippen LogP contribution in [0.3, 0.4) is 0 Å². The Morgan fingerprint density at radius 1 is 1.38 bits per heavy atom. The Labute approximate surface area is 103 Å². The fourth-order valence-corrected chi connectivity index (χ4v) is 1.91. The van der Waals surface area contributed by atoms with E-state index in [2.05, 4.69) is 22.6 Å². The quantitative estimate of drug-likeness (QED) is 0.842. The van der Waals surface area contributed by atoms with E-state index in [0.29, 0.717) is 16.6 Å². The van der Waals surface area contributed by atoms with Crippen molar-refractivity contribution < 1.29 is 4.74 Å². The molecule has 0 spiro atoms. The van der Waals surface area contributed by atoms with E-state index in [1.165, 1.54) is 17.1 Å². The highest BCUT2D eigenvalue weighted by molar-refractivity contribution is 7.10. The maximum absolute atomic E-state index is 5.89. The molecular weight excluding hydrogens is 244 g/mol. The zero-order valence-corrected chi connectivity index (χ0v) is 10.6. The molecule has 16 heavy (non-hydrogen) atoms. The van der Waals surface area contributed by atoms with E-state index in [4.69, 9.17) is 16.3 Å². The summed E-state index contributed by atoms with van der Waals surface area (Å²) < 4.78 is 10.0. The van der Waals surface area contributed by atoms with Crippen molar-refractivity contribution in [2.75, 3.05) is 0 Å². The van der Waals surface area contributed by atoms with Gasteiger partial charge in [0.25, 0.3) is 0 Å². The molecule has 0 atom stereocenters. The topological polar surface area (TPSA) is 35.0 Å². The Morgan fingerprint density at radius 3 is 2.88 bits per heavy atom. The van der Waals surface area contributed by atoms with Gasteiger partial charge in [-0.1, -0.05) is 28.2 Å². The smallest absolute Gasteiger partial charge is 0.141 e. The summed E-state index contributed by atoms with van der Waals surface area (Å²) in [5, 5.41) is 3.89. The van der Waals surface area contributed by atoms with Crippen LogP contribution >= 0.6 is 23.1 Å². The predicted octanol–water partition coefficient (Wildman–Crippen LogP) is 3.39. The lowest BCUT2D eigenvalue weighted by molar-refractivity contribution is 0.299. The fourth-order valence-electron chi connectivity index (χ4n) is 1.31. The molecule has 0 aliphatic carbocycles. The summed E-state index contributed by atoms with van der Waals surface area (Å²) >= 11 is 7.06. The molecule has 0 unspecified atom stereocenters. The van der Waals surface area contributed by atoms with E-state index in [1.54, 1.807) is 0 Å². The molecule has 5 heteroatoms.